The number of ether oxygens (including phenoxy) is 1. The van der Waals surface area contributed by atoms with E-state index < -0.39 is 29.6 Å². The molecule has 0 aliphatic rings. The van der Waals surface area contributed by atoms with E-state index in [1.54, 1.807) is 0 Å². The van der Waals surface area contributed by atoms with Crippen LogP contribution in [0.2, 0.25) is 0 Å². The van der Waals surface area contributed by atoms with Gasteiger partial charge in [0.25, 0.3) is 0 Å². The predicted molar refractivity (Wildman–Crippen MR) is 78.5 cm³/mol. The summed E-state index contributed by atoms with van der Waals surface area (Å²) in [5, 5.41) is 3.86. The molecule has 0 aliphatic carbocycles. The van der Waals surface area contributed by atoms with Gasteiger partial charge in [0.15, 0.2) is 6.04 Å². The third kappa shape index (κ3) is 3.92. The van der Waals surface area contributed by atoms with Crippen LogP contribution in [-0.4, -0.2) is 45.7 Å². The molecule has 0 bridgehead atoms. The van der Waals surface area contributed by atoms with Crippen LogP contribution >= 0.6 is 0 Å². The lowest BCUT2D eigenvalue weighted by Crippen LogP contribution is -2.37. The number of nitrogens with zero attached hydrogens (tertiary/aromatic N) is 4. The molecule has 24 heavy (non-hydrogen) atoms. The van der Waals surface area contributed by atoms with Gasteiger partial charge in [0.1, 0.15) is 24.3 Å². The Kier molecular flexibility index (Phi) is 5.56. The van der Waals surface area contributed by atoms with Crippen molar-refractivity contribution in [3.63, 3.8) is 0 Å². The number of carbonyl (C=O) groups is 2. The van der Waals surface area contributed by atoms with Gasteiger partial charge in [-0.2, -0.15) is 5.10 Å². The second kappa shape index (κ2) is 7.62. The molecule has 1 aromatic heterocycles. The summed E-state index contributed by atoms with van der Waals surface area (Å²) in [7, 11) is 2.44. The first-order valence-electron chi connectivity index (χ1n) is 7.05. The Labute approximate surface area is 136 Å². The van der Waals surface area contributed by atoms with Gasteiger partial charge in [-0.1, -0.05) is 0 Å². The smallest absolute Gasteiger partial charge is 0.333 e. The van der Waals surface area contributed by atoms with Crippen LogP contribution in [0, 0.1) is 11.6 Å². The summed E-state index contributed by atoms with van der Waals surface area (Å²) in [6, 6.07) is 1.32. The van der Waals surface area contributed by atoms with E-state index in [0.717, 1.165) is 30.2 Å². The molecule has 1 atom stereocenters. The molecule has 1 unspecified atom stereocenters. The Morgan fingerprint density at radius 2 is 2.12 bits per heavy atom. The Hall–Kier alpha value is -2.84. The summed E-state index contributed by atoms with van der Waals surface area (Å²) >= 11 is 0. The number of esters is 1. The fourth-order valence-electron chi connectivity index (χ4n) is 2.21. The van der Waals surface area contributed by atoms with Gasteiger partial charge in [-0.3, -0.25) is 9.48 Å². The maximum absolute atomic E-state index is 14.0. The van der Waals surface area contributed by atoms with Crippen LogP contribution < -0.4 is 0 Å². The molecule has 0 saturated carbocycles. The summed E-state index contributed by atoms with van der Waals surface area (Å²) in [6.07, 6.45) is 2.77. The highest BCUT2D eigenvalue weighted by atomic mass is 19.1. The fraction of sp³-hybridized carbons (Fsp3) is 0.333. The van der Waals surface area contributed by atoms with Gasteiger partial charge in [-0.25, -0.2) is 18.6 Å². The van der Waals surface area contributed by atoms with Crippen LogP contribution in [0.25, 0.3) is 0 Å². The number of aromatic nitrogens is 3. The predicted octanol–water partition coefficient (Wildman–Crippen LogP) is 1.32. The minimum Gasteiger partial charge on any atom is -0.467 e. The first-order chi connectivity index (χ1) is 11.4. The average molecular weight is 338 g/mol. The summed E-state index contributed by atoms with van der Waals surface area (Å²) in [6.45, 7) is 0.239. The number of aryl methyl sites for hydroxylation is 1. The average Bonchev–Trinajstić information content (AvgIpc) is 3.09. The molecular weight excluding hydrogens is 322 g/mol. The number of halogens is 2. The third-order valence-electron chi connectivity index (χ3n) is 3.48. The highest BCUT2D eigenvalue weighted by Gasteiger charge is 2.32. The van der Waals surface area contributed by atoms with E-state index in [-0.39, 0.29) is 18.5 Å². The molecule has 9 heteroatoms. The fourth-order valence-corrected chi connectivity index (χ4v) is 2.21. The second-order valence-corrected chi connectivity index (χ2v) is 5.00. The molecule has 0 aliphatic heterocycles. The van der Waals surface area contributed by atoms with Crippen LogP contribution in [0.4, 0.5) is 8.78 Å². The normalized spacial score (nSPS) is 11.8. The molecule has 0 saturated heterocycles. The molecule has 1 amide bonds. The molecule has 0 radical (unpaired) electrons. The van der Waals surface area contributed by atoms with E-state index in [2.05, 4.69) is 14.8 Å². The molecule has 7 nitrogen and oxygen atoms in total. The minimum absolute atomic E-state index is 0.00426. The lowest BCUT2D eigenvalue weighted by Gasteiger charge is -2.26. The number of rotatable bonds is 6. The monoisotopic (exact) mass is 338 g/mol. The van der Waals surface area contributed by atoms with Crippen LogP contribution in [0.15, 0.2) is 30.9 Å². The minimum atomic E-state index is -1.38. The molecule has 128 valence electrons. The maximum atomic E-state index is 14.0. The van der Waals surface area contributed by atoms with Crippen molar-refractivity contribution in [1.29, 1.82) is 0 Å². The lowest BCUT2D eigenvalue weighted by molar-refractivity contribution is -0.152. The Morgan fingerprint density at radius 3 is 2.75 bits per heavy atom. The van der Waals surface area contributed by atoms with Crippen molar-refractivity contribution in [2.45, 2.75) is 19.0 Å². The van der Waals surface area contributed by atoms with Gasteiger partial charge in [-0.05, 0) is 18.2 Å². The number of methoxy groups -OCH3 is 1. The van der Waals surface area contributed by atoms with E-state index in [0.29, 0.717) is 0 Å². The number of amides is 1. The van der Waals surface area contributed by atoms with Crippen molar-refractivity contribution in [3.05, 3.63) is 48.1 Å². The van der Waals surface area contributed by atoms with Crippen molar-refractivity contribution in [2.75, 3.05) is 14.2 Å². The third-order valence-corrected chi connectivity index (χ3v) is 3.48. The second-order valence-electron chi connectivity index (χ2n) is 5.00. The number of carbonyl (C=O) groups excluding carboxylic acids is 2. The van der Waals surface area contributed by atoms with Gasteiger partial charge in [0, 0.05) is 19.0 Å². The molecule has 1 heterocycles. The first kappa shape index (κ1) is 17.5. The summed E-state index contributed by atoms with van der Waals surface area (Å²) < 4.78 is 33.5. The van der Waals surface area contributed by atoms with Gasteiger partial charge in [0.05, 0.1) is 13.7 Å². The van der Waals surface area contributed by atoms with Crippen LogP contribution in [0.1, 0.15) is 18.0 Å². The van der Waals surface area contributed by atoms with E-state index >= 15 is 0 Å². The lowest BCUT2D eigenvalue weighted by atomic mass is 10.0. The number of hydrogen-bond donors (Lipinski definition) is 0. The van der Waals surface area contributed by atoms with Crippen LogP contribution in [0.5, 0.6) is 0 Å². The number of likely N-dealkylation sites (N-methyl/N-ethyl adjacent to an activating group) is 1. The van der Waals surface area contributed by atoms with Gasteiger partial charge in [0.2, 0.25) is 5.91 Å². The van der Waals surface area contributed by atoms with Gasteiger partial charge >= 0.3 is 5.97 Å². The highest BCUT2D eigenvalue weighted by Crippen LogP contribution is 2.25. The van der Waals surface area contributed by atoms with Crippen molar-refractivity contribution >= 4 is 11.9 Å². The molecule has 0 N–H and O–H groups in total. The van der Waals surface area contributed by atoms with Gasteiger partial charge in [-0.15, -0.1) is 0 Å². The van der Waals surface area contributed by atoms with Crippen molar-refractivity contribution in [2.24, 2.45) is 0 Å². The molecule has 2 aromatic rings. The Morgan fingerprint density at radius 1 is 1.38 bits per heavy atom. The molecule has 0 fully saturated rings. The highest BCUT2D eigenvalue weighted by molar-refractivity contribution is 5.85. The zero-order chi connectivity index (χ0) is 17.7. The Balaban J connectivity index is 2.21. The quantitative estimate of drug-likeness (QED) is 0.743. The van der Waals surface area contributed by atoms with Gasteiger partial charge < -0.3 is 9.64 Å². The van der Waals surface area contributed by atoms with Crippen LogP contribution in [-0.2, 0) is 20.9 Å². The largest absolute Gasteiger partial charge is 0.467 e. The summed E-state index contributed by atoms with van der Waals surface area (Å²) in [4.78, 5) is 29.1. The maximum Gasteiger partial charge on any atom is 0.333 e. The zero-order valence-corrected chi connectivity index (χ0v) is 13.1. The standard InChI is InChI=1S/C15H16F2N4O3/c1-20(13(22)5-6-21-9-18-8-19-21)14(15(23)24-2)11-7-10(16)3-4-12(11)17/h3-4,7-9,14H,5-6H2,1-2H3. The van der Waals surface area contributed by atoms with E-state index in [9.17, 15) is 18.4 Å². The summed E-state index contributed by atoms with van der Waals surface area (Å²) in [5.74, 6) is -2.84. The van der Waals surface area contributed by atoms with Crippen molar-refractivity contribution in [3.8, 4) is 0 Å². The molecule has 0 spiro atoms. The van der Waals surface area contributed by atoms with E-state index in [1.807, 2.05) is 0 Å². The first-order valence-corrected chi connectivity index (χ1v) is 7.05. The number of hydrogen-bond acceptors (Lipinski definition) is 5. The molecule has 2 rings (SSSR count). The van der Waals surface area contributed by atoms with Crippen LogP contribution in [0.3, 0.4) is 0 Å². The molecular formula is C15H16F2N4O3. The zero-order valence-electron chi connectivity index (χ0n) is 13.1. The van der Waals surface area contributed by atoms with Crippen molar-refractivity contribution < 1.29 is 23.1 Å². The topological polar surface area (TPSA) is 77.3 Å². The Bertz CT molecular complexity index is 722. The van der Waals surface area contributed by atoms with E-state index in [1.165, 1.54) is 24.4 Å². The van der Waals surface area contributed by atoms with E-state index in [4.69, 9.17) is 0 Å². The number of benzene rings is 1. The molecule has 1 aromatic carbocycles. The van der Waals surface area contributed by atoms with Crippen molar-refractivity contribution in [1.82, 2.24) is 19.7 Å². The summed E-state index contributed by atoms with van der Waals surface area (Å²) in [5.41, 5.74) is -0.265. The SMILES string of the molecule is COC(=O)C(c1cc(F)ccc1F)N(C)C(=O)CCn1cncn1.